The Morgan fingerprint density at radius 1 is 1.26 bits per heavy atom. The second-order valence-electron chi connectivity index (χ2n) is 4.97. The van der Waals surface area contributed by atoms with E-state index in [9.17, 15) is 10.1 Å². The number of aromatic nitrogens is 1. The van der Waals surface area contributed by atoms with E-state index in [1.165, 1.54) is 6.07 Å². The predicted octanol–water partition coefficient (Wildman–Crippen LogP) is 3.60. The average molecular weight is 259 g/mol. The number of anilines is 1. The molecule has 2 aromatic rings. The van der Waals surface area contributed by atoms with Crippen LogP contribution in [0.25, 0.3) is 10.9 Å². The molecule has 0 aliphatic carbocycles. The smallest absolute Gasteiger partial charge is 0.295 e. The Morgan fingerprint density at radius 2 is 2.00 bits per heavy atom. The van der Waals surface area contributed by atoms with Crippen LogP contribution in [0.4, 0.5) is 11.4 Å². The summed E-state index contributed by atoms with van der Waals surface area (Å²) in [6.45, 7) is 6.35. The molecule has 19 heavy (non-hydrogen) atoms. The SMILES string of the molecule is CC(C)C(C)Nc1ccc([N+](=O)[O-])c2ncccc12. The van der Waals surface area contributed by atoms with Crippen LogP contribution in [0.15, 0.2) is 30.5 Å². The van der Waals surface area contributed by atoms with Crippen molar-refractivity contribution in [2.24, 2.45) is 5.92 Å². The molecule has 0 bridgehead atoms. The maximum absolute atomic E-state index is 11.0. The summed E-state index contributed by atoms with van der Waals surface area (Å²) in [5.41, 5.74) is 1.35. The van der Waals surface area contributed by atoms with Gasteiger partial charge < -0.3 is 5.32 Å². The van der Waals surface area contributed by atoms with Gasteiger partial charge in [0.1, 0.15) is 5.52 Å². The highest BCUT2D eigenvalue weighted by molar-refractivity contribution is 5.96. The number of non-ortho nitro benzene ring substituents is 1. The molecule has 2 rings (SSSR count). The monoisotopic (exact) mass is 259 g/mol. The number of nitrogens with zero attached hydrogens (tertiary/aromatic N) is 2. The number of benzene rings is 1. The number of hydrogen-bond donors (Lipinski definition) is 1. The molecule has 0 amide bonds. The zero-order chi connectivity index (χ0) is 14.0. The standard InChI is InChI=1S/C14H17N3O2/c1-9(2)10(3)16-12-6-7-13(17(18)19)14-11(12)5-4-8-15-14/h4-10,16H,1-3H3. The third kappa shape index (κ3) is 2.65. The van der Waals surface area contributed by atoms with Gasteiger partial charge in [-0.2, -0.15) is 0 Å². The summed E-state index contributed by atoms with van der Waals surface area (Å²) >= 11 is 0. The van der Waals surface area contributed by atoms with Gasteiger partial charge in [-0.3, -0.25) is 10.1 Å². The maximum atomic E-state index is 11.0. The maximum Gasteiger partial charge on any atom is 0.295 e. The van der Waals surface area contributed by atoms with E-state index in [2.05, 4.69) is 31.1 Å². The molecule has 0 radical (unpaired) electrons. The Hall–Kier alpha value is -2.17. The van der Waals surface area contributed by atoms with Crippen molar-refractivity contribution in [1.29, 1.82) is 0 Å². The van der Waals surface area contributed by atoms with Crippen LogP contribution in [0.5, 0.6) is 0 Å². The lowest BCUT2D eigenvalue weighted by Crippen LogP contribution is -2.21. The first-order valence-corrected chi connectivity index (χ1v) is 6.29. The largest absolute Gasteiger partial charge is 0.382 e. The molecule has 5 heteroatoms. The topological polar surface area (TPSA) is 68.1 Å². The Balaban J connectivity index is 2.53. The van der Waals surface area contributed by atoms with E-state index in [1.807, 2.05) is 6.07 Å². The highest BCUT2D eigenvalue weighted by atomic mass is 16.6. The van der Waals surface area contributed by atoms with Gasteiger partial charge in [-0.05, 0) is 31.0 Å². The first-order chi connectivity index (χ1) is 9.00. The third-order valence-electron chi connectivity index (χ3n) is 3.33. The average Bonchev–Trinajstić information content (AvgIpc) is 2.38. The summed E-state index contributed by atoms with van der Waals surface area (Å²) < 4.78 is 0. The fraction of sp³-hybridized carbons (Fsp3) is 0.357. The van der Waals surface area contributed by atoms with Crippen molar-refractivity contribution in [2.75, 3.05) is 5.32 Å². The molecule has 0 aliphatic rings. The van der Waals surface area contributed by atoms with Crippen LogP contribution in [-0.2, 0) is 0 Å². The summed E-state index contributed by atoms with van der Waals surface area (Å²) in [6, 6.07) is 7.18. The highest BCUT2D eigenvalue weighted by Crippen LogP contribution is 2.30. The summed E-state index contributed by atoms with van der Waals surface area (Å²) in [6.07, 6.45) is 1.57. The van der Waals surface area contributed by atoms with Crippen LogP contribution in [0.3, 0.4) is 0 Å². The molecule has 1 unspecified atom stereocenters. The van der Waals surface area contributed by atoms with Crippen LogP contribution in [0.1, 0.15) is 20.8 Å². The van der Waals surface area contributed by atoms with Crippen molar-refractivity contribution < 1.29 is 4.92 Å². The molecular formula is C14H17N3O2. The van der Waals surface area contributed by atoms with E-state index in [1.54, 1.807) is 18.3 Å². The minimum Gasteiger partial charge on any atom is -0.382 e. The van der Waals surface area contributed by atoms with Crippen molar-refractivity contribution in [1.82, 2.24) is 4.98 Å². The first-order valence-electron chi connectivity index (χ1n) is 6.29. The fourth-order valence-electron chi connectivity index (χ4n) is 1.84. The molecule has 1 N–H and O–H groups in total. The molecule has 1 atom stereocenters. The van der Waals surface area contributed by atoms with Gasteiger partial charge in [0.15, 0.2) is 0 Å². The molecule has 0 fully saturated rings. The van der Waals surface area contributed by atoms with Crippen molar-refractivity contribution in [3.05, 3.63) is 40.6 Å². The van der Waals surface area contributed by atoms with Gasteiger partial charge in [0, 0.05) is 29.4 Å². The van der Waals surface area contributed by atoms with Crippen molar-refractivity contribution in [2.45, 2.75) is 26.8 Å². The number of nitrogens with one attached hydrogen (secondary N) is 1. The van der Waals surface area contributed by atoms with Crippen LogP contribution >= 0.6 is 0 Å². The Kier molecular flexibility index (Phi) is 3.64. The van der Waals surface area contributed by atoms with E-state index < -0.39 is 4.92 Å². The zero-order valence-corrected chi connectivity index (χ0v) is 11.3. The van der Waals surface area contributed by atoms with Crippen LogP contribution in [-0.4, -0.2) is 15.9 Å². The number of nitro benzene ring substituents is 1. The molecular weight excluding hydrogens is 242 g/mol. The number of pyridine rings is 1. The molecule has 0 aliphatic heterocycles. The summed E-state index contributed by atoms with van der Waals surface area (Å²) in [7, 11) is 0. The summed E-state index contributed by atoms with van der Waals surface area (Å²) in [5, 5.41) is 15.2. The first kappa shape index (κ1) is 13.3. The van der Waals surface area contributed by atoms with E-state index >= 15 is 0 Å². The summed E-state index contributed by atoms with van der Waals surface area (Å²) in [4.78, 5) is 14.7. The fourth-order valence-corrected chi connectivity index (χ4v) is 1.84. The number of nitro groups is 1. The Morgan fingerprint density at radius 3 is 2.63 bits per heavy atom. The van der Waals surface area contributed by atoms with E-state index in [-0.39, 0.29) is 11.7 Å². The van der Waals surface area contributed by atoms with Gasteiger partial charge in [0.2, 0.25) is 0 Å². The molecule has 100 valence electrons. The third-order valence-corrected chi connectivity index (χ3v) is 3.33. The minimum atomic E-state index is -0.398. The number of rotatable bonds is 4. The number of fused-ring (bicyclic) bond motifs is 1. The number of hydrogen-bond acceptors (Lipinski definition) is 4. The molecule has 5 nitrogen and oxygen atoms in total. The molecule has 1 aromatic heterocycles. The molecule has 0 saturated carbocycles. The van der Waals surface area contributed by atoms with Crippen LogP contribution < -0.4 is 5.32 Å². The van der Waals surface area contributed by atoms with E-state index in [0.29, 0.717) is 11.4 Å². The molecule has 1 heterocycles. The molecule has 0 spiro atoms. The van der Waals surface area contributed by atoms with Gasteiger partial charge >= 0.3 is 0 Å². The minimum absolute atomic E-state index is 0.0401. The summed E-state index contributed by atoms with van der Waals surface area (Å²) in [5.74, 6) is 0.474. The van der Waals surface area contributed by atoms with Gasteiger partial charge in [-0.15, -0.1) is 0 Å². The lowest BCUT2D eigenvalue weighted by atomic mass is 10.0. The second-order valence-corrected chi connectivity index (χ2v) is 4.97. The lowest BCUT2D eigenvalue weighted by Gasteiger charge is -2.19. The molecule has 1 aromatic carbocycles. The van der Waals surface area contributed by atoms with Gasteiger partial charge in [-0.25, -0.2) is 4.98 Å². The van der Waals surface area contributed by atoms with Crippen molar-refractivity contribution >= 4 is 22.3 Å². The van der Waals surface area contributed by atoms with Gasteiger partial charge in [0.05, 0.1) is 4.92 Å². The zero-order valence-electron chi connectivity index (χ0n) is 11.3. The van der Waals surface area contributed by atoms with Gasteiger partial charge in [0.25, 0.3) is 5.69 Å². The predicted molar refractivity (Wildman–Crippen MR) is 76.3 cm³/mol. The lowest BCUT2D eigenvalue weighted by molar-refractivity contribution is -0.383. The Bertz CT molecular complexity index is 611. The van der Waals surface area contributed by atoms with Crippen molar-refractivity contribution in [3.63, 3.8) is 0 Å². The normalized spacial score (nSPS) is 12.6. The van der Waals surface area contributed by atoms with Crippen LogP contribution in [0, 0.1) is 16.0 Å². The van der Waals surface area contributed by atoms with E-state index in [4.69, 9.17) is 0 Å². The second kappa shape index (κ2) is 5.22. The van der Waals surface area contributed by atoms with Crippen LogP contribution in [0.2, 0.25) is 0 Å². The van der Waals surface area contributed by atoms with Gasteiger partial charge in [-0.1, -0.05) is 13.8 Å². The quantitative estimate of drug-likeness (QED) is 0.672. The van der Waals surface area contributed by atoms with Crippen molar-refractivity contribution in [3.8, 4) is 0 Å². The van der Waals surface area contributed by atoms with E-state index in [0.717, 1.165) is 11.1 Å². The highest BCUT2D eigenvalue weighted by Gasteiger charge is 2.16. The Labute approximate surface area is 111 Å². The molecule has 0 saturated heterocycles.